The van der Waals surface area contributed by atoms with Gasteiger partial charge in [0.25, 0.3) is 0 Å². The van der Waals surface area contributed by atoms with Gasteiger partial charge in [-0.05, 0) is 50.1 Å². The molecular formula is C18H29NO. The van der Waals surface area contributed by atoms with E-state index in [1.807, 2.05) is 0 Å². The standard InChI is InChI=1S/C18H29NO/c1-3-18(15-10-8-14(2)9-11-15)19-12-16-6-4-5-7-17(16)13-20/h8-11,16-20H,3-7,12-13H2,1-2H3. The lowest BCUT2D eigenvalue weighted by molar-refractivity contribution is 0.131. The first kappa shape index (κ1) is 15.5. The van der Waals surface area contributed by atoms with Gasteiger partial charge >= 0.3 is 0 Å². The maximum absolute atomic E-state index is 9.50. The Morgan fingerprint density at radius 3 is 2.40 bits per heavy atom. The first-order valence-corrected chi connectivity index (χ1v) is 8.15. The SMILES string of the molecule is CCC(NCC1CCCCC1CO)c1ccc(C)cc1. The number of aliphatic hydroxyl groups excluding tert-OH is 1. The molecule has 2 heteroatoms. The van der Waals surface area contributed by atoms with E-state index in [0.29, 0.717) is 24.5 Å². The Bertz CT molecular complexity index is 387. The summed E-state index contributed by atoms with van der Waals surface area (Å²) in [6.07, 6.45) is 6.19. The molecule has 0 aliphatic heterocycles. The van der Waals surface area contributed by atoms with Crippen molar-refractivity contribution >= 4 is 0 Å². The van der Waals surface area contributed by atoms with Gasteiger partial charge in [0.15, 0.2) is 0 Å². The van der Waals surface area contributed by atoms with E-state index in [0.717, 1.165) is 13.0 Å². The van der Waals surface area contributed by atoms with Crippen LogP contribution in [0, 0.1) is 18.8 Å². The highest BCUT2D eigenvalue weighted by molar-refractivity contribution is 5.24. The van der Waals surface area contributed by atoms with Crippen LogP contribution in [-0.4, -0.2) is 18.3 Å². The van der Waals surface area contributed by atoms with Crippen molar-refractivity contribution < 1.29 is 5.11 Å². The first-order chi connectivity index (χ1) is 9.74. The summed E-state index contributed by atoms with van der Waals surface area (Å²) in [5.41, 5.74) is 2.70. The molecule has 1 saturated carbocycles. The molecule has 1 aromatic carbocycles. The molecule has 0 bridgehead atoms. The molecular weight excluding hydrogens is 246 g/mol. The zero-order valence-corrected chi connectivity index (χ0v) is 12.9. The molecule has 0 amide bonds. The number of hydrogen-bond acceptors (Lipinski definition) is 2. The van der Waals surface area contributed by atoms with E-state index in [2.05, 4.69) is 43.4 Å². The summed E-state index contributed by atoms with van der Waals surface area (Å²) in [7, 11) is 0. The van der Waals surface area contributed by atoms with Gasteiger partial charge in [0.1, 0.15) is 0 Å². The fraction of sp³-hybridized carbons (Fsp3) is 0.667. The molecule has 20 heavy (non-hydrogen) atoms. The molecule has 3 unspecified atom stereocenters. The van der Waals surface area contributed by atoms with Gasteiger partial charge < -0.3 is 10.4 Å². The van der Waals surface area contributed by atoms with E-state index in [1.54, 1.807) is 0 Å². The third kappa shape index (κ3) is 4.07. The second-order valence-electron chi connectivity index (χ2n) is 6.27. The Morgan fingerprint density at radius 1 is 1.15 bits per heavy atom. The molecule has 0 radical (unpaired) electrons. The summed E-state index contributed by atoms with van der Waals surface area (Å²) < 4.78 is 0. The highest BCUT2D eigenvalue weighted by Crippen LogP contribution is 2.30. The van der Waals surface area contributed by atoms with Crippen LogP contribution in [0.3, 0.4) is 0 Å². The molecule has 1 fully saturated rings. The third-order valence-corrected chi connectivity index (χ3v) is 4.82. The molecule has 2 nitrogen and oxygen atoms in total. The quantitative estimate of drug-likeness (QED) is 0.827. The summed E-state index contributed by atoms with van der Waals surface area (Å²) in [5.74, 6) is 1.15. The van der Waals surface area contributed by atoms with Crippen molar-refractivity contribution in [3.05, 3.63) is 35.4 Å². The van der Waals surface area contributed by atoms with Gasteiger partial charge in [-0.2, -0.15) is 0 Å². The summed E-state index contributed by atoms with van der Waals surface area (Å²) >= 11 is 0. The Morgan fingerprint density at radius 2 is 1.80 bits per heavy atom. The van der Waals surface area contributed by atoms with Gasteiger partial charge in [-0.25, -0.2) is 0 Å². The van der Waals surface area contributed by atoms with Crippen molar-refractivity contribution in [2.24, 2.45) is 11.8 Å². The van der Waals surface area contributed by atoms with Gasteiger partial charge in [-0.15, -0.1) is 0 Å². The van der Waals surface area contributed by atoms with Crippen molar-refractivity contribution in [3.8, 4) is 0 Å². The number of aliphatic hydroxyl groups is 1. The lowest BCUT2D eigenvalue weighted by atomic mass is 9.79. The number of hydrogen-bond donors (Lipinski definition) is 2. The number of aryl methyl sites for hydroxylation is 1. The Hall–Kier alpha value is -0.860. The average Bonchev–Trinajstić information content (AvgIpc) is 2.50. The molecule has 0 spiro atoms. The van der Waals surface area contributed by atoms with Gasteiger partial charge in [-0.1, -0.05) is 49.6 Å². The van der Waals surface area contributed by atoms with Crippen molar-refractivity contribution in [2.45, 2.75) is 52.0 Å². The number of rotatable bonds is 6. The summed E-state index contributed by atoms with van der Waals surface area (Å²) in [6.45, 7) is 5.76. The van der Waals surface area contributed by atoms with Crippen LogP contribution in [-0.2, 0) is 0 Å². The maximum Gasteiger partial charge on any atom is 0.0462 e. The van der Waals surface area contributed by atoms with Gasteiger partial charge in [0.05, 0.1) is 0 Å². The Labute approximate surface area is 123 Å². The second kappa shape index (κ2) is 7.80. The predicted octanol–water partition coefficient (Wildman–Crippen LogP) is 3.83. The van der Waals surface area contributed by atoms with E-state index in [1.165, 1.54) is 36.8 Å². The van der Waals surface area contributed by atoms with E-state index in [4.69, 9.17) is 0 Å². The fourth-order valence-electron chi connectivity index (χ4n) is 3.38. The van der Waals surface area contributed by atoms with Gasteiger partial charge in [-0.3, -0.25) is 0 Å². The van der Waals surface area contributed by atoms with Gasteiger partial charge in [0, 0.05) is 12.6 Å². The van der Waals surface area contributed by atoms with Crippen molar-refractivity contribution in [3.63, 3.8) is 0 Å². The lowest BCUT2D eigenvalue weighted by Crippen LogP contribution is -2.34. The van der Waals surface area contributed by atoms with Crippen LogP contribution >= 0.6 is 0 Å². The van der Waals surface area contributed by atoms with Crippen LogP contribution < -0.4 is 5.32 Å². The van der Waals surface area contributed by atoms with E-state index < -0.39 is 0 Å². The summed E-state index contributed by atoms with van der Waals surface area (Å²) in [4.78, 5) is 0. The summed E-state index contributed by atoms with van der Waals surface area (Å²) in [6, 6.07) is 9.30. The molecule has 112 valence electrons. The lowest BCUT2D eigenvalue weighted by Gasteiger charge is -2.32. The minimum atomic E-state index is 0.355. The minimum Gasteiger partial charge on any atom is -0.396 e. The zero-order valence-electron chi connectivity index (χ0n) is 12.9. The Kier molecular flexibility index (Phi) is 6.06. The second-order valence-corrected chi connectivity index (χ2v) is 6.27. The predicted molar refractivity (Wildman–Crippen MR) is 84.7 cm³/mol. The smallest absolute Gasteiger partial charge is 0.0462 e. The first-order valence-electron chi connectivity index (χ1n) is 8.15. The molecule has 0 aromatic heterocycles. The maximum atomic E-state index is 9.50. The molecule has 0 saturated heterocycles. The fourth-order valence-corrected chi connectivity index (χ4v) is 3.38. The number of nitrogens with one attached hydrogen (secondary N) is 1. The molecule has 1 aliphatic rings. The van der Waals surface area contributed by atoms with E-state index in [-0.39, 0.29) is 0 Å². The number of benzene rings is 1. The van der Waals surface area contributed by atoms with Crippen molar-refractivity contribution in [1.82, 2.24) is 5.32 Å². The molecule has 1 aromatic rings. The molecule has 1 aliphatic carbocycles. The van der Waals surface area contributed by atoms with Crippen LogP contribution in [0.1, 0.15) is 56.2 Å². The topological polar surface area (TPSA) is 32.3 Å². The summed E-state index contributed by atoms with van der Waals surface area (Å²) in [5, 5.41) is 13.2. The Balaban J connectivity index is 1.91. The van der Waals surface area contributed by atoms with Crippen molar-refractivity contribution in [1.29, 1.82) is 0 Å². The highest BCUT2D eigenvalue weighted by Gasteiger charge is 2.24. The van der Waals surface area contributed by atoms with Crippen molar-refractivity contribution in [2.75, 3.05) is 13.2 Å². The normalized spacial score (nSPS) is 24.6. The van der Waals surface area contributed by atoms with Crippen LogP contribution in [0.15, 0.2) is 24.3 Å². The van der Waals surface area contributed by atoms with E-state index in [9.17, 15) is 5.11 Å². The van der Waals surface area contributed by atoms with E-state index >= 15 is 0 Å². The molecule has 0 heterocycles. The van der Waals surface area contributed by atoms with Crippen LogP contribution in [0.2, 0.25) is 0 Å². The van der Waals surface area contributed by atoms with Gasteiger partial charge in [0.2, 0.25) is 0 Å². The van der Waals surface area contributed by atoms with Crippen LogP contribution in [0.4, 0.5) is 0 Å². The highest BCUT2D eigenvalue weighted by atomic mass is 16.3. The average molecular weight is 275 g/mol. The van der Waals surface area contributed by atoms with Crippen LogP contribution in [0.25, 0.3) is 0 Å². The zero-order chi connectivity index (χ0) is 14.4. The largest absolute Gasteiger partial charge is 0.396 e. The minimum absolute atomic E-state index is 0.355. The third-order valence-electron chi connectivity index (χ3n) is 4.82. The monoisotopic (exact) mass is 275 g/mol. The molecule has 3 atom stereocenters. The molecule has 2 N–H and O–H groups in total. The molecule has 2 rings (SSSR count). The van der Waals surface area contributed by atoms with Crippen LogP contribution in [0.5, 0.6) is 0 Å².